The molecule has 0 saturated heterocycles. The second-order valence-electron chi connectivity index (χ2n) is 10.2. The summed E-state index contributed by atoms with van der Waals surface area (Å²) in [5.74, 6) is -0.200. The number of hydrogen-bond donors (Lipinski definition) is 3. The topological polar surface area (TPSA) is 105 Å². The van der Waals surface area contributed by atoms with Crippen LogP contribution in [0.1, 0.15) is 37.7 Å². The van der Waals surface area contributed by atoms with Crippen LogP contribution in [0.25, 0.3) is 11.0 Å². The van der Waals surface area contributed by atoms with Crippen molar-refractivity contribution in [3.8, 4) is 0 Å². The van der Waals surface area contributed by atoms with Crippen LogP contribution in [0.4, 0.5) is 13.6 Å². The molecule has 0 atom stereocenters. The molecular weight excluding hydrogens is 524 g/mol. The molecule has 0 unspecified atom stereocenters. The molecular formula is C28H31F2N5O3S. The fraction of sp³-hybridized carbons (Fsp3) is 0.286. The summed E-state index contributed by atoms with van der Waals surface area (Å²) in [6.07, 6.45) is 0.339. The number of carbonyl (C=O) groups excluding carboxylic acids is 1. The standard InChI is InChI=1S/C28H31F2N5O3S/c1-28(2,3)34-27(36)31-15-14-26-33-24-16-22(39(37,38)32-17-19-8-10-21(29)11-9-19)12-13-25(24)35(26)18-20-6-4-5-7-23(20)30/h4-13,16,32H,14-15,17-18H2,1-3H3,(H2,31,34,36). The van der Waals surface area contributed by atoms with Gasteiger partial charge in [0.15, 0.2) is 0 Å². The number of fused-ring (bicyclic) bond motifs is 1. The van der Waals surface area contributed by atoms with Gasteiger partial charge in [-0.15, -0.1) is 0 Å². The van der Waals surface area contributed by atoms with Crippen LogP contribution in [0.5, 0.6) is 0 Å². The highest BCUT2D eigenvalue weighted by Crippen LogP contribution is 2.23. The Balaban J connectivity index is 1.60. The van der Waals surface area contributed by atoms with Gasteiger partial charge in [0.1, 0.15) is 17.5 Å². The Morgan fingerprint density at radius 1 is 1.00 bits per heavy atom. The summed E-state index contributed by atoms with van der Waals surface area (Å²) in [6, 6.07) is 16.2. The first-order valence-electron chi connectivity index (χ1n) is 12.4. The summed E-state index contributed by atoms with van der Waals surface area (Å²) >= 11 is 0. The predicted molar refractivity (Wildman–Crippen MR) is 146 cm³/mol. The number of halogens is 2. The Morgan fingerprint density at radius 2 is 1.72 bits per heavy atom. The van der Waals surface area contributed by atoms with Gasteiger partial charge in [0.2, 0.25) is 10.0 Å². The minimum atomic E-state index is -3.89. The summed E-state index contributed by atoms with van der Waals surface area (Å²) in [4.78, 5) is 16.8. The molecule has 0 fully saturated rings. The molecule has 0 radical (unpaired) electrons. The zero-order valence-corrected chi connectivity index (χ0v) is 22.8. The Kier molecular flexibility index (Phi) is 8.31. The van der Waals surface area contributed by atoms with Crippen molar-refractivity contribution in [1.29, 1.82) is 0 Å². The second-order valence-corrected chi connectivity index (χ2v) is 12.0. The van der Waals surface area contributed by atoms with Gasteiger partial charge in [-0.3, -0.25) is 0 Å². The molecule has 0 bridgehead atoms. The maximum Gasteiger partial charge on any atom is 0.315 e. The van der Waals surface area contributed by atoms with Crippen molar-refractivity contribution in [1.82, 2.24) is 24.9 Å². The molecule has 0 spiro atoms. The van der Waals surface area contributed by atoms with E-state index in [9.17, 15) is 22.0 Å². The molecule has 4 rings (SSSR count). The lowest BCUT2D eigenvalue weighted by molar-refractivity contribution is 0.232. The van der Waals surface area contributed by atoms with Crippen LogP contribution in [-0.2, 0) is 29.5 Å². The summed E-state index contributed by atoms with van der Waals surface area (Å²) in [5, 5.41) is 5.62. The lowest BCUT2D eigenvalue weighted by atomic mass is 10.1. The average Bonchev–Trinajstić information content (AvgIpc) is 3.20. The normalized spacial score (nSPS) is 12.0. The number of urea groups is 1. The van der Waals surface area contributed by atoms with E-state index in [1.54, 1.807) is 24.3 Å². The van der Waals surface area contributed by atoms with Crippen LogP contribution < -0.4 is 15.4 Å². The van der Waals surface area contributed by atoms with E-state index >= 15 is 0 Å². The molecule has 3 aromatic carbocycles. The van der Waals surface area contributed by atoms with Gasteiger partial charge in [0.05, 0.1) is 22.5 Å². The van der Waals surface area contributed by atoms with Gasteiger partial charge in [-0.1, -0.05) is 30.3 Å². The zero-order chi connectivity index (χ0) is 28.2. The third-order valence-electron chi connectivity index (χ3n) is 5.90. The average molecular weight is 556 g/mol. The number of aromatic nitrogens is 2. The maximum absolute atomic E-state index is 14.5. The van der Waals surface area contributed by atoms with E-state index in [1.165, 1.54) is 42.5 Å². The molecule has 0 saturated carbocycles. The van der Waals surface area contributed by atoms with Crippen molar-refractivity contribution < 1.29 is 22.0 Å². The van der Waals surface area contributed by atoms with E-state index in [-0.39, 0.29) is 36.4 Å². The van der Waals surface area contributed by atoms with Crippen molar-refractivity contribution in [3.05, 3.63) is 95.3 Å². The van der Waals surface area contributed by atoms with E-state index in [1.807, 2.05) is 25.3 Å². The number of sulfonamides is 1. The van der Waals surface area contributed by atoms with Crippen LogP contribution in [0.15, 0.2) is 71.6 Å². The molecule has 8 nitrogen and oxygen atoms in total. The van der Waals surface area contributed by atoms with Crippen LogP contribution >= 0.6 is 0 Å². The number of rotatable bonds is 9. The Hall–Kier alpha value is -3.83. The van der Waals surface area contributed by atoms with Crippen LogP contribution in [-0.4, -0.2) is 36.1 Å². The van der Waals surface area contributed by atoms with E-state index in [0.29, 0.717) is 34.4 Å². The molecule has 1 heterocycles. The first kappa shape index (κ1) is 28.2. The highest BCUT2D eigenvalue weighted by atomic mass is 32.2. The smallest absolute Gasteiger partial charge is 0.315 e. The predicted octanol–water partition coefficient (Wildman–Crippen LogP) is 4.48. The highest BCUT2D eigenvalue weighted by molar-refractivity contribution is 7.89. The largest absolute Gasteiger partial charge is 0.338 e. The Labute approximate surface area is 226 Å². The van der Waals surface area contributed by atoms with Gasteiger partial charge in [0.25, 0.3) is 0 Å². The summed E-state index contributed by atoms with van der Waals surface area (Å²) < 4.78 is 57.9. The SMILES string of the molecule is CC(C)(C)NC(=O)NCCc1nc2cc(S(=O)(=O)NCc3ccc(F)cc3)ccc2n1Cc1ccccc1F. The molecule has 0 aliphatic rings. The maximum atomic E-state index is 14.5. The minimum Gasteiger partial charge on any atom is -0.338 e. The number of nitrogens with one attached hydrogen (secondary N) is 3. The van der Waals surface area contributed by atoms with E-state index in [2.05, 4.69) is 20.3 Å². The van der Waals surface area contributed by atoms with Crippen molar-refractivity contribution in [2.24, 2.45) is 0 Å². The molecule has 39 heavy (non-hydrogen) atoms. The minimum absolute atomic E-state index is 0.00404. The van der Waals surface area contributed by atoms with Gasteiger partial charge in [0, 0.05) is 30.6 Å². The van der Waals surface area contributed by atoms with Gasteiger partial charge in [-0.2, -0.15) is 0 Å². The number of imidazole rings is 1. The highest BCUT2D eigenvalue weighted by Gasteiger charge is 2.19. The van der Waals surface area contributed by atoms with Crippen molar-refractivity contribution in [3.63, 3.8) is 0 Å². The van der Waals surface area contributed by atoms with Gasteiger partial charge < -0.3 is 15.2 Å². The fourth-order valence-electron chi connectivity index (χ4n) is 4.03. The number of amides is 2. The quantitative estimate of drug-likeness (QED) is 0.283. The van der Waals surface area contributed by atoms with Crippen molar-refractivity contribution in [2.75, 3.05) is 6.54 Å². The second kappa shape index (κ2) is 11.5. The van der Waals surface area contributed by atoms with E-state index in [4.69, 9.17) is 0 Å². The van der Waals surface area contributed by atoms with Crippen LogP contribution in [0.2, 0.25) is 0 Å². The van der Waals surface area contributed by atoms with Crippen LogP contribution in [0.3, 0.4) is 0 Å². The zero-order valence-electron chi connectivity index (χ0n) is 22.0. The molecule has 1 aromatic heterocycles. The summed E-state index contributed by atoms with van der Waals surface area (Å²) in [7, 11) is -3.89. The first-order valence-corrected chi connectivity index (χ1v) is 13.9. The van der Waals surface area contributed by atoms with Gasteiger partial charge in [-0.05, 0) is 62.7 Å². The van der Waals surface area contributed by atoms with Gasteiger partial charge >= 0.3 is 6.03 Å². The molecule has 11 heteroatoms. The molecule has 206 valence electrons. The summed E-state index contributed by atoms with van der Waals surface area (Å²) in [5.41, 5.74) is 1.72. The molecule has 2 amide bonds. The number of hydrogen-bond acceptors (Lipinski definition) is 4. The molecule has 0 aliphatic heterocycles. The fourth-order valence-corrected chi connectivity index (χ4v) is 5.06. The number of nitrogens with zero attached hydrogens (tertiary/aromatic N) is 2. The lowest BCUT2D eigenvalue weighted by Crippen LogP contribution is -2.46. The lowest BCUT2D eigenvalue weighted by Gasteiger charge is -2.20. The molecule has 0 aliphatic carbocycles. The Bertz CT molecular complexity index is 1580. The summed E-state index contributed by atoms with van der Waals surface area (Å²) in [6.45, 7) is 6.08. The molecule has 3 N–H and O–H groups in total. The third-order valence-corrected chi connectivity index (χ3v) is 7.30. The van der Waals surface area contributed by atoms with E-state index < -0.39 is 21.4 Å². The monoisotopic (exact) mass is 555 g/mol. The van der Waals surface area contributed by atoms with Gasteiger partial charge in [-0.25, -0.2) is 31.7 Å². The number of carbonyl (C=O) groups is 1. The molecule has 4 aromatic rings. The third kappa shape index (κ3) is 7.39. The van der Waals surface area contributed by atoms with Crippen molar-refractivity contribution in [2.45, 2.75) is 50.7 Å². The van der Waals surface area contributed by atoms with Crippen molar-refractivity contribution >= 4 is 27.1 Å². The first-order chi connectivity index (χ1) is 18.4. The number of benzene rings is 3. The van der Waals surface area contributed by atoms with Crippen LogP contribution in [0, 0.1) is 11.6 Å². The Morgan fingerprint density at radius 3 is 2.41 bits per heavy atom. The van der Waals surface area contributed by atoms with E-state index in [0.717, 1.165) is 0 Å².